The summed E-state index contributed by atoms with van der Waals surface area (Å²) in [5.74, 6) is 0. The summed E-state index contributed by atoms with van der Waals surface area (Å²) in [6, 6.07) is 14.6. The largest absolute Gasteiger partial charge is 0.465 e. The average molecular weight is 374 g/mol. The van der Waals surface area contributed by atoms with Gasteiger partial charge in [-0.2, -0.15) is 0 Å². The van der Waals surface area contributed by atoms with E-state index >= 15 is 0 Å². The highest BCUT2D eigenvalue weighted by atomic mass is 32.1. The predicted molar refractivity (Wildman–Crippen MR) is 102 cm³/mol. The lowest BCUT2D eigenvalue weighted by Crippen LogP contribution is -2.34. The van der Waals surface area contributed by atoms with E-state index in [1.807, 2.05) is 30.3 Å². The van der Waals surface area contributed by atoms with Gasteiger partial charge in [0.05, 0.1) is 6.54 Å². The fraction of sp³-hybridized carbons (Fsp3) is 0.118. The quantitative estimate of drug-likeness (QED) is 0.488. The topological polar surface area (TPSA) is 128 Å². The Kier molecular flexibility index (Phi) is 6.34. The van der Waals surface area contributed by atoms with Gasteiger partial charge in [-0.05, 0) is 41.5 Å². The molecule has 0 saturated heterocycles. The Morgan fingerprint density at radius 3 is 2.31 bits per heavy atom. The molecule has 136 valence electrons. The molecule has 0 heterocycles. The molecular weight excluding hydrogens is 356 g/mol. The summed E-state index contributed by atoms with van der Waals surface area (Å²) >= 11 is 4.79. The number of hydrogen-bond donors (Lipinski definition) is 5. The average Bonchev–Trinajstić information content (AvgIpc) is 2.58. The molecule has 0 unspecified atom stereocenters. The number of anilines is 2. The summed E-state index contributed by atoms with van der Waals surface area (Å²) < 4.78 is 0. The summed E-state index contributed by atoms with van der Waals surface area (Å²) in [5.41, 5.74) is 8.08. The molecule has 6 N–H and O–H groups in total. The number of carboxylic acid groups (broad SMARTS) is 2. The molecule has 0 atom stereocenters. The van der Waals surface area contributed by atoms with E-state index in [4.69, 9.17) is 28.2 Å². The lowest BCUT2D eigenvalue weighted by Gasteiger charge is -2.18. The molecule has 0 bridgehead atoms. The van der Waals surface area contributed by atoms with Gasteiger partial charge in [0.15, 0.2) is 5.11 Å². The third-order valence-electron chi connectivity index (χ3n) is 3.49. The first-order chi connectivity index (χ1) is 12.4. The van der Waals surface area contributed by atoms with Gasteiger partial charge in [-0.15, -0.1) is 0 Å². The number of nitrogens with one attached hydrogen (secondary N) is 2. The Hall–Kier alpha value is -3.33. The van der Waals surface area contributed by atoms with E-state index in [0.29, 0.717) is 28.4 Å². The van der Waals surface area contributed by atoms with E-state index in [-0.39, 0.29) is 11.7 Å². The highest BCUT2D eigenvalue weighted by Crippen LogP contribution is 2.23. The monoisotopic (exact) mass is 374 g/mol. The molecule has 0 radical (unpaired) electrons. The van der Waals surface area contributed by atoms with E-state index in [0.717, 1.165) is 5.56 Å². The van der Waals surface area contributed by atoms with E-state index < -0.39 is 12.2 Å². The molecule has 0 aromatic heterocycles. The number of carbonyl (C=O) groups is 2. The van der Waals surface area contributed by atoms with E-state index in [2.05, 4.69) is 10.6 Å². The van der Waals surface area contributed by atoms with Gasteiger partial charge in [0.25, 0.3) is 0 Å². The van der Waals surface area contributed by atoms with Crippen LogP contribution in [0.2, 0.25) is 0 Å². The zero-order valence-corrected chi connectivity index (χ0v) is 14.5. The van der Waals surface area contributed by atoms with Crippen LogP contribution in [0.4, 0.5) is 21.0 Å². The summed E-state index contributed by atoms with van der Waals surface area (Å²) in [5, 5.41) is 24.2. The molecule has 2 rings (SSSR count). The maximum absolute atomic E-state index is 11.2. The molecule has 26 heavy (non-hydrogen) atoms. The Labute approximate surface area is 155 Å². The lowest BCUT2D eigenvalue weighted by molar-refractivity contribution is 0.120. The first-order valence-electron chi connectivity index (χ1n) is 7.57. The van der Waals surface area contributed by atoms with Crippen molar-refractivity contribution >= 4 is 40.9 Å². The molecule has 2 aromatic rings. The van der Waals surface area contributed by atoms with Crippen molar-refractivity contribution in [2.45, 2.75) is 13.1 Å². The second kappa shape index (κ2) is 8.67. The van der Waals surface area contributed by atoms with Gasteiger partial charge >= 0.3 is 12.2 Å². The van der Waals surface area contributed by atoms with Gasteiger partial charge in [-0.3, -0.25) is 0 Å². The Morgan fingerprint density at radius 2 is 1.73 bits per heavy atom. The summed E-state index contributed by atoms with van der Waals surface area (Å²) in [6.45, 7) is 0.157. The van der Waals surface area contributed by atoms with Crippen molar-refractivity contribution in [2.24, 2.45) is 5.73 Å². The molecule has 0 aliphatic carbocycles. The van der Waals surface area contributed by atoms with E-state index in [1.165, 1.54) is 0 Å². The standard InChI is InChI=1S/C17H18N4O4S/c18-15(26)20-13-6-7-14(19-9-11-4-2-1-3-5-11)12(8-13)10-21(16(22)23)17(24)25/h1-8,19H,9-10H2,(H,22,23)(H,24,25)(H3,18,20,26). The molecule has 0 fully saturated rings. The van der Waals surface area contributed by atoms with Crippen LogP contribution in [-0.4, -0.2) is 32.4 Å². The fourth-order valence-electron chi connectivity index (χ4n) is 2.30. The number of nitrogens with zero attached hydrogens (tertiary/aromatic N) is 1. The number of amides is 2. The Bertz CT molecular complexity index is 800. The SMILES string of the molecule is NC(=S)Nc1ccc(NCc2ccccc2)c(CN(C(=O)O)C(=O)O)c1. The third-order valence-corrected chi connectivity index (χ3v) is 3.59. The fourth-order valence-corrected chi connectivity index (χ4v) is 2.42. The van der Waals surface area contributed by atoms with Crippen LogP contribution in [0.3, 0.4) is 0 Å². The van der Waals surface area contributed by atoms with Crippen LogP contribution in [0.1, 0.15) is 11.1 Å². The first kappa shape index (κ1) is 19.0. The maximum atomic E-state index is 11.2. The van der Waals surface area contributed by atoms with E-state index in [9.17, 15) is 9.59 Å². The molecule has 2 amide bonds. The number of benzene rings is 2. The van der Waals surface area contributed by atoms with Crippen molar-refractivity contribution in [3.05, 3.63) is 59.7 Å². The second-order valence-electron chi connectivity index (χ2n) is 5.35. The van der Waals surface area contributed by atoms with Crippen LogP contribution in [0.25, 0.3) is 0 Å². The minimum absolute atomic E-state index is 0.0503. The van der Waals surface area contributed by atoms with Crippen LogP contribution in [0.15, 0.2) is 48.5 Å². The summed E-state index contributed by atoms with van der Waals surface area (Å²) in [4.78, 5) is 22.6. The van der Waals surface area contributed by atoms with Crippen molar-refractivity contribution in [1.29, 1.82) is 0 Å². The molecule has 0 aliphatic heterocycles. The highest BCUT2D eigenvalue weighted by molar-refractivity contribution is 7.80. The van der Waals surface area contributed by atoms with Crippen molar-refractivity contribution < 1.29 is 19.8 Å². The van der Waals surface area contributed by atoms with Gasteiger partial charge in [0, 0.05) is 17.9 Å². The molecule has 8 nitrogen and oxygen atoms in total. The Balaban J connectivity index is 2.28. The molecular formula is C17H18N4O4S. The smallest absolute Gasteiger partial charge is 0.417 e. The zero-order chi connectivity index (χ0) is 19.1. The molecule has 0 aliphatic rings. The van der Waals surface area contributed by atoms with Gasteiger partial charge in [0.2, 0.25) is 0 Å². The van der Waals surface area contributed by atoms with Crippen LogP contribution in [-0.2, 0) is 13.1 Å². The minimum Gasteiger partial charge on any atom is -0.465 e. The van der Waals surface area contributed by atoms with Gasteiger partial charge in [-0.1, -0.05) is 30.3 Å². The number of hydrogen-bond acceptors (Lipinski definition) is 4. The van der Waals surface area contributed by atoms with Crippen LogP contribution < -0.4 is 16.4 Å². The molecule has 0 spiro atoms. The number of rotatable bonds is 6. The lowest BCUT2D eigenvalue weighted by atomic mass is 10.1. The van der Waals surface area contributed by atoms with Gasteiger partial charge < -0.3 is 26.6 Å². The number of thiocarbonyl (C=S) groups is 1. The normalized spacial score (nSPS) is 10.0. The summed E-state index contributed by atoms with van der Waals surface area (Å²) in [6.07, 6.45) is -3.11. The van der Waals surface area contributed by atoms with Crippen molar-refractivity contribution in [2.75, 3.05) is 10.6 Å². The number of nitrogens with two attached hydrogens (primary N) is 1. The van der Waals surface area contributed by atoms with Crippen molar-refractivity contribution in [3.8, 4) is 0 Å². The number of imide groups is 1. The second-order valence-corrected chi connectivity index (χ2v) is 5.79. The predicted octanol–water partition coefficient (Wildman–Crippen LogP) is 3.11. The highest BCUT2D eigenvalue weighted by Gasteiger charge is 2.21. The molecule has 0 saturated carbocycles. The maximum Gasteiger partial charge on any atom is 0.417 e. The zero-order valence-electron chi connectivity index (χ0n) is 13.7. The van der Waals surface area contributed by atoms with Crippen molar-refractivity contribution in [3.63, 3.8) is 0 Å². The first-order valence-corrected chi connectivity index (χ1v) is 7.98. The molecule has 9 heteroatoms. The van der Waals surface area contributed by atoms with Crippen LogP contribution >= 0.6 is 12.2 Å². The van der Waals surface area contributed by atoms with Gasteiger partial charge in [-0.25, -0.2) is 14.5 Å². The summed E-state index contributed by atoms with van der Waals surface area (Å²) in [7, 11) is 0. The van der Waals surface area contributed by atoms with Crippen LogP contribution in [0.5, 0.6) is 0 Å². The van der Waals surface area contributed by atoms with Crippen LogP contribution in [0, 0.1) is 0 Å². The molecule has 2 aromatic carbocycles. The van der Waals surface area contributed by atoms with E-state index in [1.54, 1.807) is 18.2 Å². The van der Waals surface area contributed by atoms with Crippen molar-refractivity contribution in [1.82, 2.24) is 4.90 Å². The van der Waals surface area contributed by atoms with Gasteiger partial charge in [0.1, 0.15) is 0 Å². The minimum atomic E-state index is -1.56. The Morgan fingerprint density at radius 1 is 1.08 bits per heavy atom. The third kappa shape index (κ3) is 5.35.